The number of sulfone groups is 1. The highest BCUT2D eigenvalue weighted by Gasteiger charge is 2.27. The van der Waals surface area contributed by atoms with Crippen molar-refractivity contribution in [2.24, 2.45) is 16.5 Å². The summed E-state index contributed by atoms with van der Waals surface area (Å²) >= 11 is 0. The number of carbonyl (C=O) groups excluding carboxylic acids is 1. The van der Waals surface area contributed by atoms with E-state index in [1.165, 1.54) is 12.1 Å². The molecule has 0 unspecified atom stereocenters. The van der Waals surface area contributed by atoms with Gasteiger partial charge in [-0.05, 0) is 49.5 Å². The third-order valence-electron chi connectivity index (χ3n) is 3.67. The molecule has 0 bridgehead atoms. The molecule has 8 heteroatoms. The Kier molecular flexibility index (Phi) is 4.82. The molecule has 0 aromatic heterocycles. The lowest BCUT2D eigenvalue weighted by atomic mass is 9.87. The van der Waals surface area contributed by atoms with E-state index in [0.29, 0.717) is 5.56 Å². The van der Waals surface area contributed by atoms with Gasteiger partial charge in [-0.1, -0.05) is 6.07 Å². The Morgan fingerprint density at radius 2 is 1.91 bits per heavy atom. The molecule has 1 saturated heterocycles. The van der Waals surface area contributed by atoms with Crippen LogP contribution in [0.15, 0.2) is 28.1 Å². The zero-order valence-corrected chi connectivity index (χ0v) is 13.2. The number of nitrogens with zero attached hydrogens (tertiary/aromatic N) is 1. The first-order valence-electron chi connectivity index (χ1n) is 6.98. The number of aliphatic imine (C=N–C) groups is 1. The van der Waals surface area contributed by atoms with Gasteiger partial charge >= 0.3 is 0 Å². The van der Waals surface area contributed by atoms with E-state index in [1.54, 1.807) is 6.07 Å². The molecule has 1 heterocycles. The Morgan fingerprint density at radius 1 is 1.27 bits per heavy atom. The van der Waals surface area contributed by atoms with Crippen LogP contribution in [0.25, 0.3) is 0 Å². The molecule has 0 atom stereocenters. The first kappa shape index (κ1) is 16.4. The van der Waals surface area contributed by atoms with E-state index in [1.807, 2.05) is 0 Å². The Hall–Kier alpha value is -1.93. The van der Waals surface area contributed by atoms with Crippen LogP contribution in [-0.2, 0) is 9.84 Å². The summed E-state index contributed by atoms with van der Waals surface area (Å²) in [5.41, 5.74) is 11.3. The molecule has 1 amide bonds. The molecule has 1 aromatic carbocycles. The van der Waals surface area contributed by atoms with Gasteiger partial charge in [0.05, 0.1) is 4.90 Å². The molecule has 1 fully saturated rings. The molecular formula is C14H20N4O3S. The van der Waals surface area contributed by atoms with Crippen molar-refractivity contribution in [1.29, 1.82) is 0 Å². The van der Waals surface area contributed by atoms with E-state index >= 15 is 0 Å². The van der Waals surface area contributed by atoms with Crippen LogP contribution in [0.1, 0.15) is 34.7 Å². The summed E-state index contributed by atoms with van der Waals surface area (Å²) in [4.78, 5) is 16.0. The zero-order chi connectivity index (χ0) is 16.3. The van der Waals surface area contributed by atoms with E-state index in [-0.39, 0.29) is 22.3 Å². The molecule has 2 rings (SSSR count). The van der Waals surface area contributed by atoms with Gasteiger partial charge in [-0.3, -0.25) is 4.79 Å². The van der Waals surface area contributed by atoms with Gasteiger partial charge in [0.1, 0.15) is 0 Å². The fourth-order valence-corrected chi connectivity index (χ4v) is 3.76. The van der Waals surface area contributed by atoms with Crippen molar-refractivity contribution in [2.45, 2.75) is 23.7 Å². The lowest BCUT2D eigenvalue weighted by Gasteiger charge is -2.26. The number of hydrogen-bond acceptors (Lipinski definition) is 4. The summed E-state index contributed by atoms with van der Waals surface area (Å²) < 4.78 is 24.2. The van der Waals surface area contributed by atoms with Gasteiger partial charge in [-0.25, -0.2) is 8.42 Å². The SMILES string of the molecule is CS(=O)(=O)c1cccc(C(=O)N=C(N)N)c1C1CCNCC1. The van der Waals surface area contributed by atoms with Crippen LogP contribution >= 0.6 is 0 Å². The van der Waals surface area contributed by atoms with Crippen molar-refractivity contribution in [3.8, 4) is 0 Å². The molecule has 0 spiro atoms. The minimum absolute atomic E-state index is 0.0136. The number of amides is 1. The first-order valence-corrected chi connectivity index (χ1v) is 8.87. The largest absolute Gasteiger partial charge is 0.370 e. The molecular weight excluding hydrogens is 304 g/mol. The summed E-state index contributed by atoms with van der Waals surface area (Å²) in [6.07, 6.45) is 2.66. The number of benzene rings is 1. The highest BCUT2D eigenvalue weighted by molar-refractivity contribution is 7.90. The van der Waals surface area contributed by atoms with Crippen molar-refractivity contribution >= 4 is 21.7 Å². The molecule has 0 radical (unpaired) electrons. The maximum Gasteiger partial charge on any atom is 0.280 e. The Labute approximate surface area is 129 Å². The molecule has 1 aliphatic heterocycles. The second kappa shape index (κ2) is 6.45. The standard InChI is InChI=1S/C14H20N4O3S/c1-22(20,21)11-4-2-3-10(13(19)18-14(15)16)12(11)9-5-7-17-8-6-9/h2-4,9,17H,5-8H2,1H3,(H4,15,16,18,19). The van der Waals surface area contributed by atoms with Crippen LogP contribution in [0.3, 0.4) is 0 Å². The minimum atomic E-state index is -3.45. The Morgan fingerprint density at radius 3 is 2.45 bits per heavy atom. The third-order valence-corrected chi connectivity index (χ3v) is 4.83. The number of guanidine groups is 1. The molecule has 0 aliphatic carbocycles. The summed E-state index contributed by atoms with van der Waals surface area (Å²) in [5, 5.41) is 3.22. The lowest BCUT2D eigenvalue weighted by molar-refractivity contribution is 0.100. The van der Waals surface area contributed by atoms with E-state index < -0.39 is 15.7 Å². The monoisotopic (exact) mass is 324 g/mol. The summed E-state index contributed by atoms with van der Waals surface area (Å²) in [6, 6.07) is 4.64. The Balaban J connectivity index is 2.62. The van der Waals surface area contributed by atoms with E-state index in [0.717, 1.165) is 32.2 Å². The van der Waals surface area contributed by atoms with Gasteiger partial charge in [0.15, 0.2) is 15.8 Å². The molecule has 7 nitrogen and oxygen atoms in total. The number of nitrogens with one attached hydrogen (secondary N) is 1. The van der Waals surface area contributed by atoms with Crippen LogP contribution in [0.2, 0.25) is 0 Å². The topological polar surface area (TPSA) is 128 Å². The predicted molar refractivity (Wildman–Crippen MR) is 84.5 cm³/mol. The summed E-state index contributed by atoms with van der Waals surface area (Å²) in [5.74, 6) is -0.967. The normalized spacial score (nSPS) is 16.2. The molecule has 0 saturated carbocycles. The van der Waals surface area contributed by atoms with Crippen LogP contribution in [0.5, 0.6) is 0 Å². The highest BCUT2D eigenvalue weighted by Crippen LogP contribution is 2.33. The van der Waals surface area contributed by atoms with E-state index in [9.17, 15) is 13.2 Å². The maximum absolute atomic E-state index is 12.2. The second-order valence-corrected chi connectivity index (χ2v) is 7.34. The molecule has 22 heavy (non-hydrogen) atoms. The molecule has 1 aromatic rings. The average molecular weight is 324 g/mol. The molecule has 5 N–H and O–H groups in total. The van der Waals surface area contributed by atoms with Gasteiger partial charge in [0, 0.05) is 11.8 Å². The zero-order valence-electron chi connectivity index (χ0n) is 12.4. The van der Waals surface area contributed by atoms with Crippen LogP contribution in [-0.4, -0.2) is 39.6 Å². The average Bonchev–Trinajstić information content (AvgIpc) is 2.45. The first-order chi connectivity index (χ1) is 10.3. The van der Waals surface area contributed by atoms with Gasteiger partial charge < -0.3 is 16.8 Å². The fourth-order valence-electron chi connectivity index (χ4n) is 2.76. The maximum atomic E-state index is 12.2. The Bertz CT molecular complexity index is 703. The quantitative estimate of drug-likeness (QED) is 0.529. The van der Waals surface area contributed by atoms with Crippen molar-refractivity contribution in [3.05, 3.63) is 29.3 Å². The fraction of sp³-hybridized carbons (Fsp3) is 0.429. The number of nitrogens with two attached hydrogens (primary N) is 2. The van der Waals surface area contributed by atoms with Gasteiger partial charge in [-0.15, -0.1) is 0 Å². The number of rotatable bonds is 3. The van der Waals surface area contributed by atoms with Gasteiger partial charge in [-0.2, -0.15) is 4.99 Å². The lowest BCUT2D eigenvalue weighted by Crippen LogP contribution is -2.29. The number of piperidine rings is 1. The van der Waals surface area contributed by atoms with Gasteiger partial charge in [0.25, 0.3) is 5.91 Å². The minimum Gasteiger partial charge on any atom is -0.370 e. The van der Waals surface area contributed by atoms with Crippen molar-refractivity contribution in [2.75, 3.05) is 19.3 Å². The van der Waals surface area contributed by atoms with Crippen molar-refractivity contribution in [1.82, 2.24) is 5.32 Å². The van der Waals surface area contributed by atoms with Crippen LogP contribution in [0.4, 0.5) is 0 Å². The van der Waals surface area contributed by atoms with Crippen molar-refractivity contribution in [3.63, 3.8) is 0 Å². The van der Waals surface area contributed by atoms with E-state index in [4.69, 9.17) is 11.5 Å². The smallest absolute Gasteiger partial charge is 0.280 e. The second-order valence-electron chi connectivity index (χ2n) is 5.36. The third kappa shape index (κ3) is 3.63. The summed E-state index contributed by atoms with van der Waals surface area (Å²) in [7, 11) is -3.45. The van der Waals surface area contributed by atoms with Gasteiger partial charge in [0.2, 0.25) is 0 Å². The van der Waals surface area contributed by atoms with Crippen LogP contribution in [0, 0.1) is 0 Å². The summed E-state index contributed by atoms with van der Waals surface area (Å²) in [6.45, 7) is 1.55. The number of carbonyl (C=O) groups is 1. The molecule has 1 aliphatic rings. The number of hydrogen-bond donors (Lipinski definition) is 3. The predicted octanol–water partition coefficient (Wildman–Crippen LogP) is -0.0293. The van der Waals surface area contributed by atoms with Crippen molar-refractivity contribution < 1.29 is 13.2 Å². The van der Waals surface area contributed by atoms with Crippen LogP contribution < -0.4 is 16.8 Å². The molecule has 120 valence electrons. The highest BCUT2D eigenvalue weighted by atomic mass is 32.2. The van der Waals surface area contributed by atoms with E-state index in [2.05, 4.69) is 10.3 Å².